The summed E-state index contributed by atoms with van der Waals surface area (Å²) in [5.74, 6) is -0.423. The second-order valence-corrected chi connectivity index (χ2v) is 16.3. The fraction of sp³-hybridized carbons (Fsp3) is 0.415. The number of aryl methyl sites for hydroxylation is 1. The average Bonchev–Trinajstić information content (AvgIpc) is 3.59. The Morgan fingerprint density at radius 2 is 1.69 bits per heavy atom. The molecular formula is C41H52N4O7S2. The average molecular weight is 777 g/mol. The van der Waals surface area contributed by atoms with Crippen LogP contribution in [0.15, 0.2) is 89.7 Å². The molecule has 1 aliphatic heterocycles. The number of anilines is 2. The van der Waals surface area contributed by atoms with Gasteiger partial charge in [-0.3, -0.25) is 14.2 Å². The van der Waals surface area contributed by atoms with Gasteiger partial charge < -0.3 is 23.5 Å². The summed E-state index contributed by atoms with van der Waals surface area (Å²) in [6.45, 7) is 10.4. The monoisotopic (exact) mass is 776 g/mol. The highest BCUT2D eigenvalue weighted by atomic mass is 32.2. The van der Waals surface area contributed by atoms with Crippen molar-refractivity contribution >= 4 is 44.7 Å². The molecule has 0 saturated heterocycles. The Morgan fingerprint density at radius 3 is 2.39 bits per heavy atom. The van der Waals surface area contributed by atoms with Gasteiger partial charge in [0.15, 0.2) is 16.5 Å². The van der Waals surface area contributed by atoms with Crippen molar-refractivity contribution in [3.05, 3.63) is 96.1 Å². The SMILES string of the molecule is CCCCOCCOc1ccc(-c2ccc3c(c2)/C=C(/C(=O)N(CS(=O)(=O)O)c2ccc([S@@+]([O-])Cc4cncn4CCC)cc2)CCCN3CCC)cc1. The normalized spacial score (nSPS) is 14.8. The van der Waals surface area contributed by atoms with Crippen LogP contribution < -0.4 is 14.5 Å². The van der Waals surface area contributed by atoms with Gasteiger partial charge in [-0.15, -0.1) is 0 Å². The summed E-state index contributed by atoms with van der Waals surface area (Å²) in [6.07, 6.45) is 10.4. The van der Waals surface area contributed by atoms with E-state index in [-0.39, 0.29) is 11.4 Å². The van der Waals surface area contributed by atoms with E-state index in [0.29, 0.717) is 36.5 Å². The van der Waals surface area contributed by atoms with Crippen molar-refractivity contribution < 1.29 is 31.8 Å². The molecule has 3 aromatic carbocycles. The third-order valence-corrected chi connectivity index (χ3v) is 11.1. The summed E-state index contributed by atoms with van der Waals surface area (Å²) < 4.78 is 61.2. The van der Waals surface area contributed by atoms with Crippen LogP contribution in [0.4, 0.5) is 11.4 Å². The highest BCUT2D eigenvalue weighted by Gasteiger charge is 2.27. The van der Waals surface area contributed by atoms with Gasteiger partial charge in [-0.25, -0.2) is 4.98 Å². The van der Waals surface area contributed by atoms with Gasteiger partial charge in [0.25, 0.3) is 16.0 Å². The standard InChI is InChI=1S/C41H52N4O7S2/c1-4-7-23-51-24-25-52-38-15-10-32(11-16-38)33-12-19-40-35(26-33)27-34(9-8-22-43(40)20-5-2)41(46)45(31-54(48,49)50)36-13-17-39(18-14-36)53(47)29-37-28-42-30-44(37)21-6-3/h10-19,26-28,30H,4-9,20-25,29,31H2,1-3H3,(H,48,49,50)/b34-27+/t53-/m0/s1. The quantitative estimate of drug-likeness (QED) is 0.0576. The third-order valence-electron chi connectivity index (χ3n) is 9.16. The predicted molar refractivity (Wildman–Crippen MR) is 216 cm³/mol. The molecule has 290 valence electrons. The zero-order chi connectivity index (χ0) is 38.5. The molecule has 2 heterocycles. The van der Waals surface area contributed by atoms with Crippen LogP contribution in [-0.4, -0.2) is 71.8 Å². The molecule has 5 rings (SSSR count). The zero-order valence-corrected chi connectivity index (χ0v) is 33.1. The maximum absolute atomic E-state index is 14.3. The van der Waals surface area contributed by atoms with Crippen molar-refractivity contribution in [2.45, 2.75) is 76.5 Å². The fourth-order valence-corrected chi connectivity index (χ4v) is 8.16. The highest BCUT2D eigenvalue weighted by Crippen LogP contribution is 2.34. The molecule has 0 radical (unpaired) electrons. The Morgan fingerprint density at radius 1 is 0.944 bits per heavy atom. The van der Waals surface area contributed by atoms with Gasteiger partial charge in [0.05, 0.1) is 24.8 Å². The van der Waals surface area contributed by atoms with E-state index < -0.39 is 33.1 Å². The minimum absolute atomic E-state index is 0.267. The Balaban J connectivity index is 1.40. The molecule has 0 fully saturated rings. The summed E-state index contributed by atoms with van der Waals surface area (Å²) in [4.78, 5) is 22.4. The number of hydrogen-bond donors (Lipinski definition) is 1. The largest absolute Gasteiger partial charge is 0.611 e. The number of nitrogens with zero attached hydrogens (tertiary/aromatic N) is 4. The molecule has 1 atom stereocenters. The van der Waals surface area contributed by atoms with Crippen molar-refractivity contribution in [3.8, 4) is 16.9 Å². The summed E-state index contributed by atoms with van der Waals surface area (Å²) in [6, 6.07) is 20.5. The Labute approximate surface area is 322 Å². The predicted octanol–water partition coefficient (Wildman–Crippen LogP) is 7.74. The van der Waals surface area contributed by atoms with Gasteiger partial charge in [-0.1, -0.05) is 45.4 Å². The van der Waals surface area contributed by atoms with E-state index in [4.69, 9.17) is 9.47 Å². The van der Waals surface area contributed by atoms with Crippen LogP contribution in [0.5, 0.6) is 5.75 Å². The maximum Gasteiger partial charge on any atom is 0.283 e. The molecule has 0 bridgehead atoms. The topological polar surface area (TPSA) is 137 Å². The number of carbonyl (C=O) groups excluding carboxylic acids is 1. The molecule has 11 nitrogen and oxygen atoms in total. The second kappa shape index (κ2) is 20.0. The van der Waals surface area contributed by atoms with Crippen LogP contribution in [0.1, 0.15) is 70.6 Å². The molecule has 0 unspecified atom stereocenters. The first-order valence-corrected chi connectivity index (χ1v) is 21.7. The molecule has 13 heteroatoms. The molecule has 54 heavy (non-hydrogen) atoms. The number of aromatic nitrogens is 2. The Hall–Kier alpha value is -4.14. The number of benzene rings is 3. The third kappa shape index (κ3) is 11.4. The molecule has 0 spiro atoms. The van der Waals surface area contributed by atoms with Crippen molar-refractivity contribution in [3.63, 3.8) is 0 Å². The van der Waals surface area contributed by atoms with E-state index in [1.165, 1.54) is 0 Å². The second-order valence-electron chi connectivity index (χ2n) is 13.4. The van der Waals surface area contributed by atoms with Crippen LogP contribution in [-0.2, 0) is 43.1 Å². The number of imidazole rings is 1. The smallest absolute Gasteiger partial charge is 0.283 e. The first-order chi connectivity index (χ1) is 26.1. The highest BCUT2D eigenvalue weighted by molar-refractivity contribution is 7.90. The van der Waals surface area contributed by atoms with E-state index in [2.05, 4.69) is 48.9 Å². The number of unbranched alkanes of at least 4 members (excludes halogenated alkanes) is 1. The number of amides is 1. The minimum atomic E-state index is -4.59. The Kier molecular flexibility index (Phi) is 15.2. The van der Waals surface area contributed by atoms with E-state index >= 15 is 0 Å². The van der Waals surface area contributed by atoms with E-state index in [1.807, 2.05) is 34.9 Å². The van der Waals surface area contributed by atoms with Gasteiger partial charge >= 0.3 is 0 Å². The van der Waals surface area contributed by atoms with Gasteiger partial charge in [0, 0.05) is 43.2 Å². The summed E-state index contributed by atoms with van der Waals surface area (Å²) in [7, 11) is -4.59. The van der Waals surface area contributed by atoms with Crippen LogP contribution in [0.25, 0.3) is 17.2 Å². The first kappa shape index (κ1) is 41.0. The Bertz CT molecular complexity index is 1950. The van der Waals surface area contributed by atoms with Gasteiger partial charge in [0.1, 0.15) is 12.4 Å². The number of hydrogen-bond acceptors (Lipinski definition) is 8. The number of rotatable bonds is 19. The van der Waals surface area contributed by atoms with E-state index in [0.717, 1.165) is 90.6 Å². The lowest BCUT2D eigenvalue weighted by Gasteiger charge is -2.30. The lowest BCUT2D eigenvalue weighted by molar-refractivity contribution is -0.115. The van der Waals surface area contributed by atoms with Gasteiger partial charge in [0.2, 0.25) is 0 Å². The maximum atomic E-state index is 14.3. The molecule has 1 aliphatic rings. The molecule has 0 aliphatic carbocycles. The van der Waals surface area contributed by atoms with E-state index in [9.17, 15) is 22.3 Å². The van der Waals surface area contributed by atoms with Crippen LogP contribution in [0.2, 0.25) is 0 Å². The summed E-state index contributed by atoms with van der Waals surface area (Å²) >= 11 is -1.40. The molecular weight excluding hydrogens is 725 g/mol. The van der Waals surface area contributed by atoms with Gasteiger partial charge in [-0.05, 0) is 115 Å². The van der Waals surface area contributed by atoms with Crippen molar-refractivity contribution in [2.24, 2.45) is 0 Å². The number of fused-ring (bicyclic) bond motifs is 1. The van der Waals surface area contributed by atoms with Crippen molar-refractivity contribution in [2.75, 3.05) is 48.6 Å². The van der Waals surface area contributed by atoms with Crippen LogP contribution in [0.3, 0.4) is 0 Å². The first-order valence-electron chi connectivity index (χ1n) is 18.7. The molecule has 1 amide bonds. The summed E-state index contributed by atoms with van der Waals surface area (Å²) in [5, 5.41) is 0. The molecule has 0 saturated carbocycles. The summed E-state index contributed by atoms with van der Waals surface area (Å²) in [5.41, 5.74) is 5.32. The molecule has 4 aromatic rings. The lowest BCUT2D eigenvalue weighted by atomic mass is 9.96. The lowest BCUT2D eigenvalue weighted by Crippen LogP contribution is -2.37. The molecule has 1 N–H and O–H groups in total. The van der Waals surface area contributed by atoms with Crippen molar-refractivity contribution in [1.82, 2.24) is 9.55 Å². The van der Waals surface area contributed by atoms with Crippen LogP contribution in [0, 0.1) is 0 Å². The number of carbonyl (C=O) groups is 1. The van der Waals surface area contributed by atoms with Gasteiger partial charge in [-0.2, -0.15) is 8.42 Å². The minimum Gasteiger partial charge on any atom is -0.611 e. The van der Waals surface area contributed by atoms with E-state index in [1.54, 1.807) is 36.8 Å². The zero-order valence-electron chi connectivity index (χ0n) is 31.5. The molecule has 1 aromatic heterocycles. The fourth-order valence-electron chi connectivity index (χ4n) is 6.45. The van der Waals surface area contributed by atoms with Crippen molar-refractivity contribution in [1.29, 1.82) is 0 Å². The van der Waals surface area contributed by atoms with Crippen LogP contribution >= 0.6 is 0 Å². The number of ether oxygens (including phenoxy) is 2.